The summed E-state index contributed by atoms with van der Waals surface area (Å²) in [5.74, 6) is 0.296. The third-order valence-electron chi connectivity index (χ3n) is 1.98. The van der Waals surface area contributed by atoms with E-state index in [1.165, 1.54) is 6.20 Å². The lowest BCUT2D eigenvalue weighted by atomic mass is 10.1. The zero-order valence-corrected chi connectivity index (χ0v) is 10.6. The Morgan fingerprint density at radius 1 is 1.35 bits per heavy atom. The second kappa shape index (κ2) is 6.97. The number of hydrogen-bond acceptors (Lipinski definition) is 3. The summed E-state index contributed by atoms with van der Waals surface area (Å²) in [5, 5.41) is 0. The van der Waals surface area contributed by atoms with Crippen LogP contribution in [-0.4, -0.2) is 36.0 Å². The molecule has 1 aromatic rings. The molecule has 0 aromatic carbocycles. The summed E-state index contributed by atoms with van der Waals surface area (Å²) in [6, 6.07) is 3.30. The van der Waals surface area contributed by atoms with Gasteiger partial charge in [-0.3, -0.25) is 0 Å². The molecule has 0 radical (unpaired) electrons. The third-order valence-corrected chi connectivity index (χ3v) is 2.45. The first-order chi connectivity index (χ1) is 12.1. The maximum absolute atomic E-state index is 8.01. The van der Waals surface area contributed by atoms with Crippen molar-refractivity contribution in [1.29, 1.82) is 0 Å². The van der Waals surface area contributed by atoms with Crippen LogP contribution in [0.25, 0.3) is 0 Å². The molecule has 0 aliphatic carbocycles. The molecule has 1 fully saturated rings. The minimum Gasteiger partial charge on any atom is -0.478 e. The van der Waals surface area contributed by atoms with Crippen LogP contribution in [0.4, 0.5) is 0 Å². The van der Waals surface area contributed by atoms with Crippen molar-refractivity contribution in [3.63, 3.8) is 0 Å². The van der Waals surface area contributed by atoms with E-state index in [0.29, 0.717) is 10.8 Å². The molecule has 3 nitrogen and oxygen atoms in total. The van der Waals surface area contributed by atoms with Crippen LogP contribution < -0.4 is 4.74 Å². The van der Waals surface area contributed by atoms with Gasteiger partial charge in [0.2, 0.25) is 5.88 Å². The van der Waals surface area contributed by atoms with Crippen molar-refractivity contribution in [2.45, 2.75) is 25.5 Å². The van der Waals surface area contributed by atoms with Crippen molar-refractivity contribution in [3.8, 4) is 5.88 Å². The lowest BCUT2D eigenvalue weighted by Gasteiger charge is -2.26. The maximum Gasteiger partial charge on any atom is 0.213 e. The van der Waals surface area contributed by atoms with E-state index in [2.05, 4.69) is 20.9 Å². The molecule has 1 aromatic heterocycles. The molecule has 2 heterocycles. The Hall–Kier alpha value is -0.610. The molecular weight excluding hydrogens is 280 g/mol. The summed E-state index contributed by atoms with van der Waals surface area (Å²) in [5.41, 5.74) is 0. The van der Waals surface area contributed by atoms with Gasteiger partial charge >= 0.3 is 0 Å². The average molecular weight is 309 g/mol. The summed E-state index contributed by atoms with van der Waals surface area (Å²) in [6.45, 7) is -6.54. The summed E-state index contributed by atoms with van der Waals surface area (Å²) in [4.78, 5) is 4.39. The molecule has 0 atom stereocenters. The fourth-order valence-electron chi connectivity index (χ4n) is 1.21. The highest BCUT2D eigenvalue weighted by Gasteiger charge is 2.08. The highest BCUT2D eigenvalue weighted by molar-refractivity contribution is 9.10. The van der Waals surface area contributed by atoms with Crippen LogP contribution in [0, 0.1) is 0 Å². The quantitative estimate of drug-likeness (QED) is 0.782. The largest absolute Gasteiger partial charge is 0.478 e. The fourth-order valence-corrected chi connectivity index (χ4v) is 1.44. The number of halogens is 1. The number of likely N-dealkylation sites (tertiary alicyclic amines) is 1. The van der Waals surface area contributed by atoms with Gasteiger partial charge < -0.3 is 9.64 Å². The number of piperidine rings is 1. The molecule has 0 spiro atoms. The first-order valence-electron chi connectivity index (χ1n) is 10.1. The monoisotopic (exact) mass is 308 g/mol. The Labute approximate surface area is 125 Å². The number of hydrogen-bond donors (Lipinski definition) is 0. The first kappa shape index (κ1) is 5.17. The van der Waals surface area contributed by atoms with E-state index < -0.39 is 32.1 Å². The molecular formula is C13H19BrN2O. The molecule has 0 amide bonds. The summed E-state index contributed by atoms with van der Waals surface area (Å²) in [7, 11) is 0. The van der Waals surface area contributed by atoms with Gasteiger partial charge in [-0.15, -0.1) is 0 Å². The molecule has 0 bridgehead atoms. The highest BCUT2D eigenvalue weighted by atomic mass is 79.9. The van der Waals surface area contributed by atoms with E-state index in [1.807, 2.05) is 0 Å². The van der Waals surface area contributed by atoms with Gasteiger partial charge in [-0.25, -0.2) is 4.98 Å². The Morgan fingerprint density at radius 2 is 2.18 bits per heavy atom. The minimum absolute atomic E-state index is 0.0101. The van der Waals surface area contributed by atoms with E-state index >= 15 is 0 Å². The summed E-state index contributed by atoms with van der Waals surface area (Å²) < 4.78 is 85.1. The molecule has 4 heteroatoms. The zero-order chi connectivity index (χ0) is 20.9. The van der Waals surface area contributed by atoms with E-state index in [0.717, 1.165) is 4.47 Å². The fraction of sp³-hybridized carbons (Fsp3) is 0.615. The van der Waals surface area contributed by atoms with Crippen molar-refractivity contribution in [2.75, 3.05) is 26.1 Å². The SMILES string of the molecule is [2H]C1([2H])N(CCCOc2ccc(Br)cn2)C([2H])([2H])C([2H])([2H])C([2H])([2H])C1([2H])[2H]. The molecule has 0 saturated carbocycles. The Balaban J connectivity index is 2.17. The van der Waals surface area contributed by atoms with Gasteiger partial charge in [-0.2, -0.15) is 0 Å². The molecule has 94 valence electrons. The summed E-state index contributed by atoms with van der Waals surface area (Å²) in [6.07, 6.45) is -8.40. The van der Waals surface area contributed by atoms with Gasteiger partial charge in [0.25, 0.3) is 0 Å². The third kappa shape index (κ3) is 4.64. The van der Waals surface area contributed by atoms with E-state index in [4.69, 9.17) is 18.4 Å². The minimum atomic E-state index is -3.39. The lowest BCUT2D eigenvalue weighted by molar-refractivity contribution is 0.203. The van der Waals surface area contributed by atoms with Crippen LogP contribution in [0.2, 0.25) is 0 Å². The maximum atomic E-state index is 8.01. The second-order valence-corrected chi connectivity index (χ2v) is 4.18. The van der Waals surface area contributed by atoms with Crippen LogP contribution in [0.3, 0.4) is 0 Å². The van der Waals surface area contributed by atoms with Gasteiger partial charge in [0.05, 0.1) is 6.61 Å². The molecule has 2 rings (SSSR count). The predicted octanol–water partition coefficient (Wildman–Crippen LogP) is 3.10. The van der Waals surface area contributed by atoms with Gasteiger partial charge in [-0.1, -0.05) is 6.37 Å². The van der Waals surface area contributed by atoms with Crippen molar-refractivity contribution in [1.82, 2.24) is 9.88 Å². The smallest absolute Gasteiger partial charge is 0.213 e. The lowest BCUT2D eigenvalue weighted by Crippen LogP contribution is -2.31. The topological polar surface area (TPSA) is 25.4 Å². The molecule has 1 aliphatic rings. The molecule has 1 aliphatic heterocycles. The van der Waals surface area contributed by atoms with Crippen molar-refractivity contribution < 1.29 is 18.4 Å². The number of ether oxygens (including phenoxy) is 1. The molecule has 1 saturated heterocycles. The van der Waals surface area contributed by atoms with E-state index in [-0.39, 0.29) is 19.6 Å². The number of rotatable bonds is 5. The second-order valence-electron chi connectivity index (χ2n) is 3.27. The van der Waals surface area contributed by atoms with Crippen molar-refractivity contribution in [2.24, 2.45) is 0 Å². The van der Waals surface area contributed by atoms with E-state index in [1.54, 1.807) is 12.1 Å². The summed E-state index contributed by atoms with van der Waals surface area (Å²) >= 11 is 3.23. The van der Waals surface area contributed by atoms with Gasteiger partial charge in [-0.05, 0) is 54.2 Å². The van der Waals surface area contributed by atoms with Crippen molar-refractivity contribution >= 4 is 15.9 Å². The predicted molar refractivity (Wildman–Crippen MR) is 72.3 cm³/mol. The molecule has 17 heavy (non-hydrogen) atoms. The molecule has 0 unspecified atom stereocenters. The number of aromatic nitrogens is 1. The first-order valence-corrected chi connectivity index (χ1v) is 5.92. The number of nitrogens with zero attached hydrogens (tertiary/aromatic N) is 2. The average Bonchev–Trinajstić information content (AvgIpc) is 2.54. The Kier molecular flexibility index (Phi) is 2.12. The standard InChI is InChI=1S/C13H19BrN2O/c14-12-5-6-13(15-11-12)17-10-4-9-16-7-2-1-3-8-16/h5-6,11H,1-4,7-10H2/i1D2,2D2,3D2,7D2,8D2. The van der Waals surface area contributed by atoms with Gasteiger partial charge in [0.15, 0.2) is 0 Å². The van der Waals surface area contributed by atoms with Crippen LogP contribution >= 0.6 is 15.9 Å². The normalized spacial score (nSPS) is 40.5. The Morgan fingerprint density at radius 3 is 2.88 bits per heavy atom. The van der Waals surface area contributed by atoms with Crippen LogP contribution in [0.5, 0.6) is 5.88 Å². The van der Waals surface area contributed by atoms with Crippen molar-refractivity contribution in [3.05, 3.63) is 22.8 Å². The Bertz CT molecular complexity index is 652. The van der Waals surface area contributed by atoms with Crippen LogP contribution in [0.1, 0.15) is 39.2 Å². The highest BCUT2D eigenvalue weighted by Crippen LogP contribution is 2.13. The zero-order valence-electron chi connectivity index (χ0n) is 19.0. The van der Waals surface area contributed by atoms with Crippen LogP contribution in [0.15, 0.2) is 22.8 Å². The number of pyridine rings is 1. The van der Waals surface area contributed by atoms with Crippen LogP contribution in [-0.2, 0) is 0 Å². The van der Waals surface area contributed by atoms with Gasteiger partial charge in [0, 0.05) is 37.0 Å². The molecule has 0 N–H and O–H groups in total. The van der Waals surface area contributed by atoms with E-state index in [9.17, 15) is 0 Å². The van der Waals surface area contributed by atoms with Gasteiger partial charge in [0.1, 0.15) is 0 Å².